The first-order valence-electron chi connectivity index (χ1n) is 7.79. The number of methoxy groups -OCH3 is 1. The number of thiocarbonyl (C=S) groups is 1. The molecule has 6 heteroatoms. The Morgan fingerprint density at radius 2 is 2.26 bits per heavy atom. The Labute approximate surface area is 143 Å². The van der Waals surface area contributed by atoms with Gasteiger partial charge in [0.25, 0.3) is 0 Å². The molecule has 1 aliphatic rings. The van der Waals surface area contributed by atoms with Crippen molar-refractivity contribution in [3.8, 4) is 5.75 Å². The summed E-state index contributed by atoms with van der Waals surface area (Å²) in [6, 6.07) is 7.90. The van der Waals surface area contributed by atoms with Gasteiger partial charge in [0, 0.05) is 18.1 Å². The lowest BCUT2D eigenvalue weighted by molar-refractivity contribution is -0.122. The molecule has 0 spiro atoms. The lowest BCUT2D eigenvalue weighted by Crippen LogP contribution is -2.61. The number of benzene rings is 1. The normalized spacial score (nSPS) is 19.9. The molecule has 1 atom stereocenters. The molecule has 1 aromatic carbocycles. The van der Waals surface area contributed by atoms with Crippen LogP contribution in [0.1, 0.15) is 32.8 Å². The Kier molecular flexibility index (Phi) is 5.46. The quantitative estimate of drug-likeness (QED) is 0.807. The van der Waals surface area contributed by atoms with E-state index in [0.717, 1.165) is 17.7 Å². The number of carbonyl (C=O) groups is 1. The van der Waals surface area contributed by atoms with Crippen LogP contribution in [0, 0.1) is 0 Å². The SMILES string of the molecule is COc1cccc(CNC(=O)CN2C(=S)NC(C)(C)C[C@H]2C)c1. The molecule has 1 aliphatic heterocycles. The van der Waals surface area contributed by atoms with Crippen LogP contribution in [0.4, 0.5) is 0 Å². The third kappa shape index (κ3) is 4.82. The zero-order valence-corrected chi connectivity index (χ0v) is 15.0. The molecule has 5 nitrogen and oxygen atoms in total. The maximum atomic E-state index is 12.2. The van der Waals surface area contributed by atoms with Crippen molar-refractivity contribution >= 4 is 23.2 Å². The molecule has 23 heavy (non-hydrogen) atoms. The Bertz CT molecular complexity index is 589. The van der Waals surface area contributed by atoms with Crippen molar-refractivity contribution in [1.29, 1.82) is 0 Å². The molecule has 1 fully saturated rings. The fourth-order valence-electron chi connectivity index (χ4n) is 2.88. The van der Waals surface area contributed by atoms with Crippen LogP contribution >= 0.6 is 12.2 Å². The number of amides is 1. The Hall–Kier alpha value is -1.82. The number of ether oxygens (including phenoxy) is 1. The van der Waals surface area contributed by atoms with Crippen LogP contribution in [0.2, 0.25) is 0 Å². The molecule has 1 amide bonds. The highest BCUT2D eigenvalue weighted by molar-refractivity contribution is 7.80. The smallest absolute Gasteiger partial charge is 0.239 e. The van der Waals surface area contributed by atoms with Gasteiger partial charge < -0.3 is 20.3 Å². The monoisotopic (exact) mass is 335 g/mol. The predicted molar refractivity (Wildman–Crippen MR) is 95.4 cm³/mol. The van der Waals surface area contributed by atoms with Gasteiger partial charge >= 0.3 is 0 Å². The van der Waals surface area contributed by atoms with Gasteiger partial charge in [0.1, 0.15) is 5.75 Å². The minimum absolute atomic E-state index is 0.0237. The van der Waals surface area contributed by atoms with Crippen molar-refractivity contribution in [2.75, 3.05) is 13.7 Å². The van der Waals surface area contributed by atoms with Crippen molar-refractivity contribution in [3.63, 3.8) is 0 Å². The van der Waals surface area contributed by atoms with E-state index in [2.05, 4.69) is 31.4 Å². The van der Waals surface area contributed by atoms with E-state index in [-0.39, 0.29) is 24.0 Å². The average Bonchev–Trinajstić information content (AvgIpc) is 2.48. The average molecular weight is 335 g/mol. The van der Waals surface area contributed by atoms with Crippen LogP contribution in [-0.2, 0) is 11.3 Å². The number of hydrogen-bond donors (Lipinski definition) is 2. The summed E-state index contributed by atoms with van der Waals surface area (Å²) in [5.74, 6) is 0.748. The first-order chi connectivity index (χ1) is 10.8. The first kappa shape index (κ1) is 17.5. The summed E-state index contributed by atoms with van der Waals surface area (Å²) in [7, 11) is 1.63. The van der Waals surface area contributed by atoms with Gasteiger partial charge in [-0.25, -0.2) is 0 Å². The van der Waals surface area contributed by atoms with Crippen LogP contribution in [0.5, 0.6) is 5.75 Å². The minimum Gasteiger partial charge on any atom is -0.497 e. The van der Waals surface area contributed by atoms with Gasteiger partial charge in [0.2, 0.25) is 5.91 Å². The van der Waals surface area contributed by atoms with E-state index in [0.29, 0.717) is 11.7 Å². The number of nitrogens with one attached hydrogen (secondary N) is 2. The summed E-state index contributed by atoms with van der Waals surface area (Å²) in [6.07, 6.45) is 0.941. The molecular weight excluding hydrogens is 310 g/mol. The van der Waals surface area contributed by atoms with Crippen molar-refractivity contribution < 1.29 is 9.53 Å². The molecule has 1 saturated heterocycles. The van der Waals surface area contributed by atoms with Crippen LogP contribution in [0.25, 0.3) is 0 Å². The second-order valence-electron chi connectivity index (χ2n) is 6.62. The second kappa shape index (κ2) is 7.17. The fourth-order valence-corrected chi connectivity index (χ4v) is 3.40. The van der Waals surface area contributed by atoms with Crippen LogP contribution in [0.15, 0.2) is 24.3 Å². The number of hydrogen-bond acceptors (Lipinski definition) is 3. The summed E-state index contributed by atoms with van der Waals surface area (Å²) in [6.45, 7) is 7.09. The molecule has 0 saturated carbocycles. The number of nitrogens with zero attached hydrogens (tertiary/aromatic N) is 1. The molecule has 1 aromatic rings. The maximum Gasteiger partial charge on any atom is 0.239 e. The summed E-state index contributed by atoms with van der Waals surface area (Å²) in [4.78, 5) is 14.2. The zero-order chi connectivity index (χ0) is 17.0. The van der Waals surface area contributed by atoms with Crippen LogP contribution in [-0.4, -0.2) is 41.2 Å². The van der Waals surface area contributed by atoms with Gasteiger partial charge in [0.05, 0.1) is 13.7 Å². The van der Waals surface area contributed by atoms with Gasteiger partial charge in [-0.05, 0) is 57.1 Å². The Balaban J connectivity index is 1.88. The molecule has 1 heterocycles. The lowest BCUT2D eigenvalue weighted by atomic mass is 9.93. The fraction of sp³-hybridized carbons (Fsp3) is 0.529. The second-order valence-corrected chi connectivity index (χ2v) is 7.01. The topological polar surface area (TPSA) is 53.6 Å². The van der Waals surface area contributed by atoms with Gasteiger partial charge in [0.15, 0.2) is 5.11 Å². The van der Waals surface area contributed by atoms with E-state index in [1.165, 1.54) is 0 Å². The highest BCUT2D eigenvalue weighted by Gasteiger charge is 2.33. The van der Waals surface area contributed by atoms with Crippen molar-refractivity contribution in [2.24, 2.45) is 0 Å². The lowest BCUT2D eigenvalue weighted by Gasteiger charge is -2.44. The zero-order valence-electron chi connectivity index (χ0n) is 14.2. The Morgan fingerprint density at radius 1 is 1.52 bits per heavy atom. The van der Waals surface area contributed by atoms with Crippen molar-refractivity contribution in [3.05, 3.63) is 29.8 Å². The molecule has 2 N–H and O–H groups in total. The van der Waals surface area contributed by atoms with Gasteiger partial charge in [-0.15, -0.1) is 0 Å². The van der Waals surface area contributed by atoms with E-state index in [4.69, 9.17) is 17.0 Å². The van der Waals surface area contributed by atoms with E-state index in [1.807, 2.05) is 29.2 Å². The minimum atomic E-state index is -0.0384. The van der Waals surface area contributed by atoms with E-state index in [1.54, 1.807) is 7.11 Å². The molecule has 0 radical (unpaired) electrons. The van der Waals surface area contributed by atoms with E-state index >= 15 is 0 Å². The van der Waals surface area contributed by atoms with E-state index < -0.39 is 0 Å². The summed E-state index contributed by atoms with van der Waals surface area (Å²) in [5, 5.41) is 6.87. The Morgan fingerprint density at radius 3 is 2.91 bits per heavy atom. The maximum absolute atomic E-state index is 12.2. The summed E-state index contributed by atoms with van der Waals surface area (Å²) >= 11 is 5.40. The van der Waals surface area contributed by atoms with Gasteiger partial charge in [-0.1, -0.05) is 12.1 Å². The summed E-state index contributed by atoms with van der Waals surface area (Å²) < 4.78 is 5.18. The van der Waals surface area contributed by atoms with Crippen LogP contribution < -0.4 is 15.4 Å². The van der Waals surface area contributed by atoms with E-state index in [9.17, 15) is 4.79 Å². The number of carbonyl (C=O) groups excluding carboxylic acids is 1. The molecule has 0 aliphatic carbocycles. The molecule has 0 bridgehead atoms. The predicted octanol–water partition coefficient (Wildman–Crippen LogP) is 2.06. The third-order valence-corrected chi connectivity index (χ3v) is 4.32. The molecule has 0 aromatic heterocycles. The first-order valence-corrected chi connectivity index (χ1v) is 8.20. The number of rotatable bonds is 5. The largest absolute Gasteiger partial charge is 0.497 e. The van der Waals surface area contributed by atoms with Gasteiger partial charge in [-0.2, -0.15) is 0 Å². The molecule has 126 valence electrons. The van der Waals surface area contributed by atoms with Crippen molar-refractivity contribution in [1.82, 2.24) is 15.5 Å². The molecule has 0 unspecified atom stereocenters. The van der Waals surface area contributed by atoms with Crippen molar-refractivity contribution in [2.45, 2.75) is 45.3 Å². The highest BCUT2D eigenvalue weighted by atomic mass is 32.1. The molecular formula is C17H25N3O2S. The standard InChI is InChI=1S/C17H25N3O2S/c1-12-9-17(2,3)19-16(23)20(12)11-15(21)18-10-13-6-5-7-14(8-13)22-4/h5-8,12H,9-11H2,1-4H3,(H,18,21)(H,19,23)/t12-/m1/s1. The third-order valence-electron chi connectivity index (χ3n) is 3.98. The highest BCUT2D eigenvalue weighted by Crippen LogP contribution is 2.21. The summed E-state index contributed by atoms with van der Waals surface area (Å²) in [5.41, 5.74) is 0.982. The van der Waals surface area contributed by atoms with Crippen LogP contribution in [0.3, 0.4) is 0 Å². The molecule has 2 rings (SSSR count). The van der Waals surface area contributed by atoms with Gasteiger partial charge in [-0.3, -0.25) is 4.79 Å².